The maximum Gasteiger partial charge on any atom is 0.246 e. The number of hydrogen-bond donors (Lipinski definition) is 1. The Kier molecular flexibility index (Phi) is 5.75. The number of rotatable bonds is 7. The minimum Gasteiger partial charge on any atom is -0.345 e. The SMILES string of the molecule is CC(C(=O)NCc1nc(-c2cccs2)no1)N(c1cccc(F)c1)S(C)(=O)=O. The summed E-state index contributed by atoms with van der Waals surface area (Å²) in [6.45, 7) is 1.34. The molecule has 0 fully saturated rings. The normalized spacial score (nSPS) is 12.5. The van der Waals surface area contributed by atoms with Gasteiger partial charge in [-0.15, -0.1) is 11.3 Å². The molecule has 28 heavy (non-hydrogen) atoms. The lowest BCUT2D eigenvalue weighted by atomic mass is 10.2. The average molecular weight is 424 g/mol. The van der Waals surface area contributed by atoms with Crippen LogP contribution < -0.4 is 9.62 Å². The second-order valence-corrected chi connectivity index (χ2v) is 8.73. The highest BCUT2D eigenvalue weighted by atomic mass is 32.2. The molecule has 148 valence electrons. The second-order valence-electron chi connectivity index (χ2n) is 5.92. The van der Waals surface area contributed by atoms with Crippen molar-refractivity contribution in [2.24, 2.45) is 0 Å². The van der Waals surface area contributed by atoms with Gasteiger partial charge in [-0.25, -0.2) is 12.8 Å². The van der Waals surface area contributed by atoms with Crippen LogP contribution in [0.2, 0.25) is 0 Å². The highest BCUT2D eigenvalue weighted by Gasteiger charge is 2.29. The van der Waals surface area contributed by atoms with Crippen LogP contribution in [0.3, 0.4) is 0 Å². The van der Waals surface area contributed by atoms with Crippen LogP contribution in [0.25, 0.3) is 10.7 Å². The Balaban J connectivity index is 1.71. The lowest BCUT2D eigenvalue weighted by Gasteiger charge is -2.28. The molecule has 1 amide bonds. The Hall–Kier alpha value is -2.79. The molecular weight excluding hydrogens is 407 g/mol. The van der Waals surface area contributed by atoms with E-state index in [-0.39, 0.29) is 18.1 Å². The maximum absolute atomic E-state index is 13.5. The molecule has 0 spiro atoms. The van der Waals surface area contributed by atoms with Crippen molar-refractivity contribution in [1.82, 2.24) is 15.5 Å². The van der Waals surface area contributed by atoms with Gasteiger partial charge < -0.3 is 9.84 Å². The van der Waals surface area contributed by atoms with Gasteiger partial charge in [0.1, 0.15) is 11.9 Å². The molecule has 0 aliphatic carbocycles. The monoisotopic (exact) mass is 424 g/mol. The minimum atomic E-state index is -3.83. The van der Waals surface area contributed by atoms with Gasteiger partial charge in [-0.2, -0.15) is 4.98 Å². The van der Waals surface area contributed by atoms with Crippen LogP contribution in [0.4, 0.5) is 10.1 Å². The molecule has 3 rings (SSSR count). The molecule has 8 nitrogen and oxygen atoms in total. The number of benzene rings is 1. The van der Waals surface area contributed by atoms with Gasteiger partial charge in [-0.05, 0) is 36.6 Å². The second kappa shape index (κ2) is 8.07. The van der Waals surface area contributed by atoms with Crippen molar-refractivity contribution in [3.8, 4) is 10.7 Å². The van der Waals surface area contributed by atoms with E-state index < -0.39 is 27.8 Å². The van der Waals surface area contributed by atoms with Crippen LogP contribution in [0.15, 0.2) is 46.3 Å². The molecule has 0 radical (unpaired) electrons. The third kappa shape index (κ3) is 4.54. The van der Waals surface area contributed by atoms with E-state index in [0.717, 1.165) is 21.5 Å². The fourth-order valence-electron chi connectivity index (χ4n) is 2.56. The van der Waals surface area contributed by atoms with E-state index in [2.05, 4.69) is 15.5 Å². The Bertz CT molecular complexity index is 1070. The molecule has 11 heteroatoms. The average Bonchev–Trinajstić information content (AvgIpc) is 3.30. The van der Waals surface area contributed by atoms with Crippen molar-refractivity contribution in [3.63, 3.8) is 0 Å². The van der Waals surface area contributed by atoms with Gasteiger partial charge in [-0.1, -0.05) is 17.3 Å². The summed E-state index contributed by atoms with van der Waals surface area (Å²) in [5, 5.41) is 8.28. The van der Waals surface area contributed by atoms with Gasteiger partial charge in [0, 0.05) is 0 Å². The number of aromatic nitrogens is 2. The maximum atomic E-state index is 13.5. The van der Waals surface area contributed by atoms with E-state index in [1.807, 2.05) is 17.5 Å². The van der Waals surface area contributed by atoms with E-state index in [1.54, 1.807) is 0 Å². The van der Waals surface area contributed by atoms with Crippen molar-refractivity contribution in [3.05, 3.63) is 53.5 Å². The predicted octanol–water partition coefficient (Wildman–Crippen LogP) is 2.41. The molecule has 0 saturated heterocycles. The molecule has 1 unspecified atom stereocenters. The Morgan fingerprint density at radius 3 is 2.79 bits per heavy atom. The van der Waals surface area contributed by atoms with E-state index >= 15 is 0 Å². The number of hydrogen-bond acceptors (Lipinski definition) is 7. The number of nitrogens with one attached hydrogen (secondary N) is 1. The van der Waals surface area contributed by atoms with Crippen LogP contribution in [0.5, 0.6) is 0 Å². The summed E-state index contributed by atoms with van der Waals surface area (Å²) in [7, 11) is -3.83. The zero-order valence-corrected chi connectivity index (χ0v) is 16.6. The minimum absolute atomic E-state index is 0.0583. The fraction of sp³-hybridized carbons (Fsp3) is 0.235. The molecule has 1 aromatic carbocycles. The van der Waals surface area contributed by atoms with Crippen molar-refractivity contribution in [2.45, 2.75) is 19.5 Å². The van der Waals surface area contributed by atoms with E-state index in [1.165, 1.54) is 36.5 Å². The van der Waals surface area contributed by atoms with E-state index in [0.29, 0.717) is 5.82 Å². The van der Waals surface area contributed by atoms with Crippen LogP contribution in [-0.2, 0) is 21.4 Å². The van der Waals surface area contributed by atoms with Gasteiger partial charge in [-0.3, -0.25) is 9.10 Å². The smallest absolute Gasteiger partial charge is 0.246 e. The number of sulfonamides is 1. The molecule has 1 N–H and O–H groups in total. The molecule has 1 atom stereocenters. The van der Waals surface area contributed by atoms with Gasteiger partial charge in [0.15, 0.2) is 0 Å². The molecule has 2 aromatic heterocycles. The van der Waals surface area contributed by atoms with Crippen LogP contribution >= 0.6 is 11.3 Å². The number of carbonyl (C=O) groups is 1. The Morgan fingerprint density at radius 2 is 2.14 bits per heavy atom. The lowest BCUT2D eigenvalue weighted by Crippen LogP contribution is -2.47. The molecule has 2 heterocycles. The first-order valence-electron chi connectivity index (χ1n) is 8.15. The van der Waals surface area contributed by atoms with Gasteiger partial charge in [0.25, 0.3) is 0 Å². The van der Waals surface area contributed by atoms with Crippen molar-refractivity contribution >= 4 is 33.0 Å². The number of nitrogens with zero attached hydrogens (tertiary/aromatic N) is 3. The third-order valence-electron chi connectivity index (χ3n) is 3.77. The fourth-order valence-corrected chi connectivity index (χ4v) is 4.38. The number of amides is 1. The predicted molar refractivity (Wildman–Crippen MR) is 103 cm³/mol. The van der Waals surface area contributed by atoms with Crippen molar-refractivity contribution < 1.29 is 22.1 Å². The van der Waals surface area contributed by atoms with Gasteiger partial charge >= 0.3 is 0 Å². The highest BCUT2D eigenvalue weighted by molar-refractivity contribution is 7.92. The first-order valence-corrected chi connectivity index (χ1v) is 10.9. The number of thiophene rings is 1. The van der Waals surface area contributed by atoms with Crippen LogP contribution in [-0.4, -0.2) is 36.8 Å². The summed E-state index contributed by atoms with van der Waals surface area (Å²) in [6, 6.07) is 7.61. The first-order chi connectivity index (χ1) is 13.3. The quantitative estimate of drug-likeness (QED) is 0.624. The molecule has 0 saturated carbocycles. The van der Waals surface area contributed by atoms with Crippen molar-refractivity contribution in [1.29, 1.82) is 0 Å². The van der Waals surface area contributed by atoms with Crippen LogP contribution in [0.1, 0.15) is 12.8 Å². The summed E-state index contributed by atoms with van der Waals surface area (Å²) in [5.41, 5.74) is 0.0583. The molecule has 0 aliphatic rings. The standard InChI is InChI=1S/C17H17FN4O4S2/c1-11(22(28(2,24)25)13-6-3-5-12(18)9-13)17(23)19-10-15-20-16(21-26-15)14-7-4-8-27-14/h3-9,11H,10H2,1-2H3,(H,19,23). The Labute approximate surface area is 165 Å². The van der Waals surface area contributed by atoms with Crippen molar-refractivity contribution in [2.75, 3.05) is 10.6 Å². The van der Waals surface area contributed by atoms with E-state index in [4.69, 9.17) is 4.52 Å². The third-order valence-corrected chi connectivity index (χ3v) is 5.88. The van der Waals surface area contributed by atoms with Crippen LogP contribution in [0, 0.1) is 5.82 Å². The number of halogens is 1. The Morgan fingerprint density at radius 1 is 1.36 bits per heavy atom. The molecule has 3 aromatic rings. The largest absolute Gasteiger partial charge is 0.345 e. The summed E-state index contributed by atoms with van der Waals surface area (Å²) in [4.78, 5) is 17.5. The topological polar surface area (TPSA) is 105 Å². The number of anilines is 1. The zero-order chi connectivity index (χ0) is 20.3. The summed E-state index contributed by atoms with van der Waals surface area (Å²) < 4.78 is 43.8. The van der Waals surface area contributed by atoms with E-state index in [9.17, 15) is 17.6 Å². The zero-order valence-electron chi connectivity index (χ0n) is 15.0. The van der Waals surface area contributed by atoms with Gasteiger partial charge in [0.05, 0.1) is 23.4 Å². The summed E-state index contributed by atoms with van der Waals surface area (Å²) >= 11 is 1.45. The summed E-state index contributed by atoms with van der Waals surface area (Å²) in [6.07, 6.45) is 0.951. The number of carbonyl (C=O) groups excluding carboxylic acids is 1. The molecule has 0 bridgehead atoms. The first kappa shape index (κ1) is 20.0. The highest BCUT2D eigenvalue weighted by Crippen LogP contribution is 2.22. The lowest BCUT2D eigenvalue weighted by molar-refractivity contribution is -0.122. The molecule has 0 aliphatic heterocycles. The van der Waals surface area contributed by atoms with Gasteiger partial charge in [0.2, 0.25) is 27.6 Å². The molecular formula is C17H17FN4O4S2. The summed E-state index contributed by atoms with van der Waals surface area (Å²) in [5.74, 6) is -0.610.